The van der Waals surface area contributed by atoms with Gasteiger partial charge in [-0.25, -0.2) is 0 Å². The topological polar surface area (TPSA) is 74.6 Å². The number of amides is 1. The third-order valence-corrected chi connectivity index (χ3v) is 5.39. The van der Waals surface area contributed by atoms with Crippen molar-refractivity contribution in [1.82, 2.24) is 5.32 Å². The van der Waals surface area contributed by atoms with Gasteiger partial charge < -0.3 is 19.7 Å². The molecule has 2 aliphatic heterocycles. The zero-order chi connectivity index (χ0) is 21.5. The number of methoxy groups -OCH3 is 1. The quantitative estimate of drug-likeness (QED) is 0.798. The third kappa shape index (κ3) is 3.49. The summed E-state index contributed by atoms with van der Waals surface area (Å²) in [5, 5.41) is 11.3. The molecule has 2 aromatic carbocycles. The molecule has 2 aromatic rings. The lowest BCUT2D eigenvalue weighted by atomic mass is 9.90. The molecule has 0 radical (unpaired) electrons. The maximum absolute atomic E-state index is 12.7. The smallest absolute Gasteiger partial charge is 0.471 e. The number of halogens is 3. The van der Waals surface area contributed by atoms with Crippen LogP contribution in [0.2, 0.25) is 0 Å². The van der Waals surface area contributed by atoms with Gasteiger partial charge in [0.25, 0.3) is 0 Å². The van der Waals surface area contributed by atoms with Crippen LogP contribution in [0.15, 0.2) is 36.4 Å². The second-order valence-electron chi connectivity index (χ2n) is 7.17. The molecular weight excluding hydrogens is 399 g/mol. The van der Waals surface area contributed by atoms with Crippen molar-refractivity contribution < 1.29 is 27.4 Å². The predicted octanol–water partition coefficient (Wildman–Crippen LogP) is 4.06. The Balaban J connectivity index is 1.76. The minimum absolute atomic E-state index is 0.248. The normalized spacial score (nSPS) is 19.9. The number of nitrogens with one attached hydrogen (secondary N) is 1. The van der Waals surface area contributed by atoms with E-state index in [0.717, 1.165) is 5.69 Å². The first-order valence-corrected chi connectivity index (χ1v) is 9.35. The number of nitrogens with zero attached hydrogens (tertiary/aromatic N) is 2. The number of anilines is 1. The average Bonchev–Trinajstić information content (AvgIpc) is 2.86. The van der Waals surface area contributed by atoms with Gasteiger partial charge in [0.2, 0.25) is 0 Å². The summed E-state index contributed by atoms with van der Waals surface area (Å²) < 4.78 is 49.8. The largest absolute Gasteiger partial charge is 0.496 e. The van der Waals surface area contributed by atoms with Gasteiger partial charge in [-0.1, -0.05) is 6.07 Å². The molecule has 4 rings (SSSR count). The number of alkyl halides is 3. The van der Waals surface area contributed by atoms with E-state index in [1.165, 1.54) is 7.11 Å². The Bertz CT molecular complexity index is 1030. The summed E-state index contributed by atoms with van der Waals surface area (Å²) in [6.45, 7) is 0.396. The lowest BCUT2D eigenvalue weighted by Gasteiger charge is -2.41. The molecule has 1 N–H and O–H groups in total. The average molecular weight is 417 g/mol. The van der Waals surface area contributed by atoms with E-state index in [-0.39, 0.29) is 12.5 Å². The molecule has 0 aliphatic carbocycles. The number of hydrogen-bond donors (Lipinski definition) is 1. The van der Waals surface area contributed by atoms with Crippen LogP contribution in [0.1, 0.15) is 30.0 Å². The number of piperidine rings is 1. The van der Waals surface area contributed by atoms with Gasteiger partial charge in [0.05, 0.1) is 36.0 Å². The molecule has 30 heavy (non-hydrogen) atoms. The van der Waals surface area contributed by atoms with Crippen molar-refractivity contribution in [2.24, 2.45) is 0 Å². The highest BCUT2D eigenvalue weighted by atomic mass is 19.4. The minimum Gasteiger partial charge on any atom is -0.496 e. The van der Waals surface area contributed by atoms with Gasteiger partial charge in [-0.2, -0.15) is 18.4 Å². The van der Waals surface area contributed by atoms with Crippen LogP contribution < -0.4 is 19.7 Å². The number of carbonyl (C=O) groups is 1. The van der Waals surface area contributed by atoms with Gasteiger partial charge in [0, 0.05) is 18.7 Å². The lowest BCUT2D eigenvalue weighted by molar-refractivity contribution is -0.174. The van der Waals surface area contributed by atoms with Crippen LogP contribution >= 0.6 is 0 Å². The highest BCUT2D eigenvalue weighted by molar-refractivity contribution is 5.82. The molecule has 9 heteroatoms. The molecule has 1 saturated heterocycles. The van der Waals surface area contributed by atoms with Crippen molar-refractivity contribution in [3.63, 3.8) is 0 Å². The van der Waals surface area contributed by atoms with E-state index in [0.29, 0.717) is 41.3 Å². The van der Waals surface area contributed by atoms with Gasteiger partial charge in [-0.15, -0.1) is 0 Å². The van der Waals surface area contributed by atoms with E-state index in [1.807, 2.05) is 4.90 Å². The molecule has 2 heterocycles. The summed E-state index contributed by atoms with van der Waals surface area (Å²) in [5.74, 6) is -0.409. The third-order valence-electron chi connectivity index (χ3n) is 5.39. The van der Waals surface area contributed by atoms with Gasteiger partial charge >= 0.3 is 12.1 Å². The second kappa shape index (κ2) is 7.44. The summed E-state index contributed by atoms with van der Waals surface area (Å²) in [6.07, 6.45) is -4.35. The van der Waals surface area contributed by atoms with Crippen molar-refractivity contribution in [2.75, 3.05) is 18.6 Å². The Morgan fingerprint density at radius 1 is 1.30 bits per heavy atom. The van der Waals surface area contributed by atoms with E-state index in [9.17, 15) is 23.2 Å². The Kier molecular flexibility index (Phi) is 4.94. The van der Waals surface area contributed by atoms with Crippen molar-refractivity contribution in [3.05, 3.63) is 47.5 Å². The van der Waals surface area contributed by atoms with Crippen LogP contribution in [0.5, 0.6) is 17.2 Å². The molecule has 2 atom stereocenters. The number of ether oxygens (including phenoxy) is 2. The molecule has 156 valence electrons. The molecule has 2 aliphatic rings. The highest BCUT2D eigenvalue weighted by Gasteiger charge is 2.42. The van der Waals surface area contributed by atoms with Crippen molar-refractivity contribution in [1.29, 1.82) is 5.26 Å². The SMILES string of the molecule is COc1cccc2c1[C@@H]1C[C@@H](NC(=O)C(F)(F)F)CCN1c1ccc(C#N)cc1O2. The van der Waals surface area contributed by atoms with Crippen molar-refractivity contribution in [2.45, 2.75) is 31.1 Å². The first-order chi connectivity index (χ1) is 14.3. The van der Waals surface area contributed by atoms with E-state index in [2.05, 4.69) is 11.4 Å². The number of fused-ring (bicyclic) bond motifs is 5. The Hall–Kier alpha value is -3.41. The summed E-state index contributed by atoms with van der Waals surface area (Å²) in [7, 11) is 1.51. The Morgan fingerprint density at radius 2 is 2.10 bits per heavy atom. The summed E-state index contributed by atoms with van der Waals surface area (Å²) in [5.41, 5.74) is 1.86. The molecule has 0 saturated carbocycles. The van der Waals surface area contributed by atoms with Crippen LogP contribution in [0.3, 0.4) is 0 Å². The maximum atomic E-state index is 12.7. The summed E-state index contributed by atoms with van der Waals surface area (Å²) >= 11 is 0. The summed E-state index contributed by atoms with van der Waals surface area (Å²) in [4.78, 5) is 13.5. The van der Waals surface area contributed by atoms with E-state index < -0.39 is 18.1 Å². The van der Waals surface area contributed by atoms with Crippen molar-refractivity contribution in [3.8, 4) is 23.3 Å². The fraction of sp³-hybridized carbons (Fsp3) is 0.333. The van der Waals surface area contributed by atoms with Gasteiger partial charge in [-0.3, -0.25) is 4.79 Å². The lowest BCUT2D eigenvalue weighted by Crippen LogP contribution is -2.49. The van der Waals surface area contributed by atoms with Gasteiger partial charge in [-0.05, 0) is 37.1 Å². The molecule has 0 spiro atoms. The number of rotatable bonds is 2. The summed E-state index contributed by atoms with van der Waals surface area (Å²) in [6, 6.07) is 11.4. The second-order valence-corrected chi connectivity index (χ2v) is 7.17. The number of hydrogen-bond acceptors (Lipinski definition) is 5. The molecule has 0 aromatic heterocycles. The molecule has 0 bridgehead atoms. The van der Waals surface area contributed by atoms with Gasteiger partial charge in [0.15, 0.2) is 5.75 Å². The van der Waals surface area contributed by atoms with Crippen LogP contribution in [0.25, 0.3) is 0 Å². The van der Waals surface area contributed by atoms with Crippen LogP contribution in [0.4, 0.5) is 18.9 Å². The zero-order valence-electron chi connectivity index (χ0n) is 16.0. The van der Waals surface area contributed by atoms with E-state index >= 15 is 0 Å². The molecule has 0 unspecified atom stereocenters. The predicted molar refractivity (Wildman–Crippen MR) is 102 cm³/mol. The number of nitriles is 1. The minimum atomic E-state index is -4.93. The van der Waals surface area contributed by atoms with Crippen LogP contribution in [0, 0.1) is 11.3 Å². The fourth-order valence-electron chi connectivity index (χ4n) is 4.07. The van der Waals surface area contributed by atoms with E-state index in [4.69, 9.17) is 9.47 Å². The van der Waals surface area contributed by atoms with Gasteiger partial charge in [0.1, 0.15) is 11.5 Å². The number of benzene rings is 2. The number of carbonyl (C=O) groups excluding carboxylic acids is 1. The van der Waals surface area contributed by atoms with Crippen LogP contribution in [-0.4, -0.2) is 31.8 Å². The van der Waals surface area contributed by atoms with Crippen molar-refractivity contribution >= 4 is 11.6 Å². The molecule has 1 amide bonds. The zero-order valence-corrected chi connectivity index (χ0v) is 16.0. The Morgan fingerprint density at radius 3 is 2.80 bits per heavy atom. The first kappa shape index (κ1) is 19.9. The highest BCUT2D eigenvalue weighted by Crippen LogP contribution is 2.50. The Labute approximate surface area is 170 Å². The molecule has 1 fully saturated rings. The maximum Gasteiger partial charge on any atom is 0.471 e. The monoisotopic (exact) mass is 417 g/mol. The molecule has 6 nitrogen and oxygen atoms in total. The van der Waals surface area contributed by atoms with Crippen LogP contribution in [-0.2, 0) is 4.79 Å². The first-order valence-electron chi connectivity index (χ1n) is 9.35. The standard InChI is InChI=1S/C21H18F3N3O3/c1-29-16-3-2-4-17-19(16)15-10-13(26-20(28)21(22,23)24)7-8-27(15)14-6-5-12(11-25)9-18(14)30-17/h2-6,9,13,15H,7-8,10H2,1H3,(H,26,28)/t13-,15-/m0/s1. The van der Waals surface area contributed by atoms with E-state index in [1.54, 1.807) is 36.4 Å². The molecular formula is C21H18F3N3O3. The fourth-order valence-corrected chi connectivity index (χ4v) is 4.07.